The molecule has 0 aromatic carbocycles. The molecule has 0 bridgehead atoms. The predicted octanol–water partition coefficient (Wildman–Crippen LogP) is -5.37. The van der Waals surface area contributed by atoms with Gasteiger partial charge in [-0.15, -0.1) is 0 Å². The number of hydrogen-bond donors (Lipinski definition) is 2. The van der Waals surface area contributed by atoms with Crippen molar-refractivity contribution in [3.8, 4) is 0 Å². The molecule has 10 nitrogen and oxygen atoms in total. The van der Waals surface area contributed by atoms with Gasteiger partial charge in [0.15, 0.2) is 0 Å². The Morgan fingerprint density at radius 1 is 0.840 bits per heavy atom. The van der Waals surface area contributed by atoms with E-state index in [1.807, 2.05) is 0 Å². The van der Waals surface area contributed by atoms with E-state index >= 15 is 0 Å². The summed E-state index contributed by atoms with van der Waals surface area (Å²) >= 11 is 1.68. The summed E-state index contributed by atoms with van der Waals surface area (Å²) in [5.41, 5.74) is -4.67. The fraction of sp³-hybridized carbons (Fsp3) is 0.714. The van der Waals surface area contributed by atoms with E-state index in [2.05, 4.69) is 6.92 Å². The maximum atomic E-state index is 9.90. The second-order valence-electron chi connectivity index (χ2n) is 5.32. The van der Waals surface area contributed by atoms with Crippen molar-refractivity contribution in [3.63, 3.8) is 0 Å². The molecule has 0 aliphatic heterocycles. The number of unbranched alkanes of at least 4 members (excludes halogenated alkanes) is 1. The summed E-state index contributed by atoms with van der Waals surface area (Å²) in [6, 6.07) is 0. The first-order valence-electron chi connectivity index (χ1n) is 7.06. The van der Waals surface area contributed by atoms with Crippen LogP contribution in [0.2, 0.25) is 4.44 Å². The molecule has 11 heteroatoms. The third-order valence-corrected chi connectivity index (χ3v) is 3.40. The first-order valence-corrected chi connectivity index (χ1v) is 9.07. The van der Waals surface area contributed by atoms with Crippen LogP contribution in [-0.2, 0) is 19.2 Å². The molecule has 141 valence electrons. The van der Waals surface area contributed by atoms with Crippen LogP contribution < -0.4 is 20.4 Å². The van der Waals surface area contributed by atoms with Gasteiger partial charge >= 0.3 is 46.7 Å². The number of carbonyl (C=O) groups excluding carboxylic acids is 4. The normalized spacial score (nSPS) is 14.3. The molecule has 2 N–H and O–H groups in total. The zero-order valence-electron chi connectivity index (χ0n) is 14.2. The first kappa shape index (κ1) is 28.4. The van der Waals surface area contributed by atoms with E-state index in [9.17, 15) is 39.6 Å². The molecule has 0 saturated carbocycles. The Morgan fingerprint density at radius 3 is 1.16 bits per heavy atom. The Balaban J connectivity index is -0.000000308. The van der Waals surface area contributed by atoms with Crippen molar-refractivity contribution >= 4 is 46.4 Å². The van der Waals surface area contributed by atoms with E-state index in [-0.39, 0.29) is 0 Å². The summed E-state index contributed by atoms with van der Waals surface area (Å²) < 4.78 is 1.43. The fourth-order valence-electron chi connectivity index (χ4n) is 0.883. The summed E-state index contributed by atoms with van der Waals surface area (Å²) in [7, 11) is 0. The van der Waals surface area contributed by atoms with Gasteiger partial charge in [-0.25, -0.2) is 0 Å². The standard InChI is InChI=1S/2C5H8O5.C4H9.Sn/c2*1-5(10,4(8)9)2-3(6)7;1-3-4-2;/h2*10H,2H2,1H3,(H,6,7)(H,8,9);1,3-4H2,2H3;/q;;;+4/p-4. The van der Waals surface area contributed by atoms with Crippen molar-refractivity contribution in [2.45, 2.75) is 62.1 Å². The second-order valence-corrected chi connectivity index (χ2v) is 6.75. The van der Waals surface area contributed by atoms with Crippen LogP contribution in [0.15, 0.2) is 0 Å². The molecule has 0 aliphatic rings. The number of carboxylic acids is 4. The minimum atomic E-state index is -2.33. The number of hydrogen-bond acceptors (Lipinski definition) is 10. The SMILES string of the molecule is CC(O)(CC(=O)[O-])C(=O)[O-].CC(O)(CC(=O)[O-])C(=O)[O-].CCC[CH2][Sn+4]. The number of rotatable bonds is 8. The minimum absolute atomic E-state index is 0.831. The molecule has 25 heavy (non-hydrogen) atoms. The Bertz CT molecular complexity index is 405. The molecule has 0 saturated heterocycles. The summed E-state index contributed by atoms with van der Waals surface area (Å²) in [4.78, 5) is 39.3. The van der Waals surface area contributed by atoms with Crippen LogP contribution in [0.1, 0.15) is 46.5 Å². The summed E-state index contributed by atoms with van der Waals surface area (Å²) in [5, 5.41) is 56.7. The van der Waals surface area contributed by atoms with Crippen molar-refractivity contribution in [1.82, 2.24) is 0 Å². The molecule has 0 amide bonds. The van der Waals surface area contributed by atoms with Gasteiger partial charge in [-0.1, -0.05) is 0 Å². The van der Waals surface area contributed by atoms with Gasteiger partial charge in [-0.05, 0) is 13.8 Å². The van der Waals surface area contributed by atoms with Gasteiger partial charge in [0.2, 0.25) is 0 Å². The molecular formula is C14H21O10Sn. The van der Waals surface area contributed by atoms with Crippen molar-refractivity contribution in [3.05, 3.63) is 0 Å². The topological polar surface area (TPSA) is 201 Å². The molecule has 0 heterocycles. The van der Waals surface area contributed by atoms with Gasteiger partial charge in [-0.2, -0.15) is 0 Å². The molecule has 0 aliphatic carbocycles. The van der Waals surface area contributed by atoms with Crippen molar-refractivity contribution in [1.29, 1.82) is 0 Å². The van der Waals surface area contributed by atoms with Gasteiger partial charge in [0.05, 0.1) is 11.9 Å². The van der Waals surface area contributed by atoms with E-state index in [0.717, 1.165) is 13.8 Å². The summed E-state index contributed by atoms with van der Waals surface area (Å²) in [5.74, 6) is -6.91. The van der Waals surface area contributed by atoms with Crippen LogP contribution in [0.3, 0.4) is 0 Å². The quantitative estimate of drug-likeness (QED) is 0.324. The van der Waals surface area contributed by atoms with Crippen LogP contribution in [0.4, 0.5) is 0 Å². The molecule has 2 unspecified atom stereocenters. The first-order chi connectivity index (χ1) is 11.1. The van der Waals surface area contributed by atoms with Crippen LogP contribution in [0.25, 0.3) is 0 Å². The molecule has 0 fully saturated rings. The van der Waals surface area contributed by atoms with Gasteiger partial charge in [0.1, 0.15) is 11.2 Å². The third kappa shape index (κ3) is 18.8. The Kier molecular flexibility index (Phi) is 15.7. The molecule has 0 aromatic rings. The third-order valence-electron chi connectivity index (χ3n) is 2.39. The number of carbonyl (C=O) groups is 4. The number of aliphatic carboxylic acids is 4. The molecular weight excluding hydrogens is 447 g/mol. The van der Waals surface area contributed by atoms with Crippen molar-refractivity contribution in [2.75, 3.05) is 0 Å². The van der Waals surface area contributed by atoms with Crippen LogP contribution in [-0.4, -0.2) is 67.8 Å². The van der Waals surface area contributed by atoms with Crippen molar-refractivity contribution < 1.29 is 49.8 Å². The summed E-state index contributed by atoms with van der Waals surface area (Å²) in [6.07, 6.45) is 0.869. The van der Waals surface area contributed by atoms with E-state index in [0.29, 0.717) is 0 Å². The van der Waals surface area contributed by atoms with E-state index in [4.69, 9.17) is 10.2 Å². The van der Waals surface area contributed by atoms with Gasteiger partial charge in [-0.3, -0.25) is 0 Å². The monoisotopic (exact) mass is 469 g/mol. The average molecular weight is 468 g/mol. The zero-order valence-corrected chi connectivity index (χ0v) is 17.1. The molecule has 2 atom stereocenters. The summed E-state index contributed by atoms with van der Waals surface area (Å²) in [6.45, 7) is 3.89. The van der Waals surface area contributed by atoms with E-state index in [1.165, 1.54) is 17.3 Å². The Labute approximate surface area is 158 Å². The number of aliphatic hydroxyl groups is 2. The van der Waals surface area contributed by atoms with Crippen LogP contribution in [0, 0.1) is 0 Å². The van der Waals surface area contributed by atoms with Crippen LogP contribution >= 0.6 is 0 Å². The fourth-order valence-corrected chi connectivity index (χ4v) is 1.89. The molecule has 0 aromatic heterocycles. The molecule has 0 spiro atoms. The molecule has 0 rings (SSSR count). The maximum absolute atomic E-state index is 9.90. The van der Waals surface area contributed by atoms with Gasteiger partial charge in [0.25, 0.3) is 0 Å². The molecule has 7 radical (unpaired) electrons. The van der Waals surface area contributed by atoms with Gasteiger partial charge < -0.3 is 49.8 Å². The van der Waals surface area contributed by atoms with E-state index in [1.54, 1.807) is 22.5 Å². The van der Waals surface area contributed by atoms with Crippen LogP contribution in [0.5, 0.6) is 0 Å². The Morgan fingerprint density at radius 2 is 1.12 bits per heavy atom. The second kappa shape index (κ2) is 13.8. The van der Waals surface area contributed by atoms with Gasteiger partial charge in [0, 0.05) is 24.8 Å². The zero-order chi connectivity index (χ0) is 20.8. The Hall–Kier alpha value is -1.40. The average Bonchev–Trinajstić information content (AvgIpc) is 2.37. The number of carboxylic acid groups (broad SMARTS) is 4. The predicted molar refractivity (Wildman–Crippen MR) is 76.0 cm³/mol. The van der Waals surface area contributed by atoms with E-state index < -0.39 is 47.9 Å². The van der Waals surface area contributed by atoms with Crippen molar-refractivity contribution in [2.24, 2.45) is 0 Å².